The highest BCUT2D eigenvalue weighted by molar-refractivity contribution is 5.74. The number of rotatable bonds is 6. The minimum absolute atomic E-state index is 0.618. The van der Waals surface area contributed by atoms with E-state index < -0.39 is 0 Å². The zero-order valence-corrected chi connectivity index (χ0v) is 18.6. The van der Waals surface area contributed by atoms with E-state index in [1.54, 1.807) is 21.3 Å². The van der Waals surface area contributed by atoms with Gasteiger partial charge in [0.2, 0.25) is 0 Å². The van der Waals surface area contributed by atoms with Crippen molar-refractivity contribution in [3.05, 3.63) is 71.3 Å². The largest absolute Gasteiger partial charge is 0.496 e. The second kappa shape index (κ2) is 9.31. The van der Waals surface area contributed by atoms with E-state index in [1.807, 2.05) is 30.3 Å². The van der Waals surface area contributed by atoms with Gasteiger partial charge in [0, 0.05) is 30.8 Å². The molecule has 0 unspecified atom stereocenters. The van der Waals surface area contributed by atoms with E-state index in [-0.39, 0.29) is 0 Å². The molecule has 162 valence electrons. The average molecular weight is 420 g/mol. The Balaban J connectivity index is 1.66. The summed E-state index contributed by atoms with van der Waals surface area (Å²) in [7, 11) is 5.09. The van der Waals surface area contributed by atoms with E-state index in [9.17, 15) is 0 Å². The Morgan fingerprint density at radius 2 is 1.65 bits per heavy atom. The first-order valence-corrected chi connectivity index (χ1v) is 10.5. The number of aryl methyl sites for hydroxylation is 1. The zero-order valence-electron chi connectivity index (χ0n) is 18.6. The number of fused-ring (bicyclic) bond motifs is 1. The first kappa shape index (κ1) is 21.1. The van der Waals surface area contributed by atoms with Gasteiger partial charge in [-0.1, -0.05) is 30.3 Å². The van der Waals surface area contributed by atoms with Crippen LogP contribution in [-0.4, -0.2) is 39.4 Å². The monoisotopic (exact) mass is 419 g/mol. The summed E-state index contributed by atoms with van der Waals surface area (Å²) in [6.07, 6.45) is 0. The Labute approximate surface area is 184 Å². The molecule has 0 fully saturated rings. The van der Waals surface area contributed by atoms with Gasteiger partial charge in [-0.05, 0) is 47.9 Å². The van der Waals surface area contributed by atoms with Gasteiger partial charge in [-0.2, -0.15) is 0 Å². The van der Waals surface area contributed by atoms with Crippen LogP contribution in [0.1, 0.15) is 16.7 Å². The lowest BCUT2D eigenvalue weighted by molar-refractivity contribution is 0.217. The third-order valence-electron chi connectivity index (χ3n) is 5.68. The second-order valence-corrected chi connectivity index (χ2v) is 7.73. The third-order valence-corrected chi connectivity index (χ3v) is 5.68. The second-order valence-electron chi connectivity index (χ2n) is 7.73. The van der Waals surface area contributed by atoms with Crippen LogP contribution in [0.4, 0.5) is 0 Å². The quantitative estimate of drug-likeness (QED) is 0.557. The van der Waals surface area contributed by atoms with E-state index in [1.165, 1.54) is 5.56 Å². The molecular formula is C26H29NO4. The van der Waals surface area contributed by atoms with E-state index in [4.69, 9.17) is 18.9 Å². The Hall–Kier alpha value is -3.18. The number of benzene rings is 3. The Morgan fingerprint density at radius 3 is 2.39 bits per heavy atom. The van der Waals surface area contributed by atoms with E-state index in [0.29, 0.717) is 6.61 Å². The van der Waals surface area contributed by atoms with Gasteiger partial charge in [0.15, 0.2) is 11.5 Å². The Kier molecular flexibility index (Phi) is 6.33. The first-order chi connectivity index (χ1) is 15.1. The molecule has 1 heterocycles. The molecule has 5 nitrogen and oxygen atoms in total. The van der Waals surface area contributed by atoms with Crippen LogP contribution < -0.4 is 18.9 Å². The third kappa shape index (κ3) is 4.47. The van der Waals surface area contributed by atoms with Crippen molar-refractivity contribution in [2.75, 3.05) is 34.5 Å². The summed E-state index contributed by atoms with van der Waals surface area (Å²) in [5, 5.41) is 0. The molecule has 0 saturated carbocycles. The number of hydrogen-bond acceptors (Lipinski definition) is 5. The van der Waals surface area contributed by atoms with E-state index in [2.05, 4.69) is 36.1 Å². The highest BCUT2D eigenvalue weighted by atomic mass is 16.5. The average Bonchev–Trinajstić information content (AvgIpc) is 3.00. The first-order valence-electron chi connectivity index (χ1n) is 10.5. The summed E-state index contributed by atoms with van der Waals surface area (Å²) in [6.45, 7) is 5.15. The van der Waals surface area contributed by atoms with E-state index >= 15 is 0 Å². The zero-order chi connectivity index (χ0) is 21.8. The highest BCUT2D eigenvalue weighted by Gasteiger charge is 2.21. The predicted octanol–water partition coefficient (Wildman–Crippen LogP) is 5.08. The predicted molar refractivity (Wildman–Crippen MR) is 122 cm³/mol. The number of para-hydroxylation sites is 1. The van der Waals surface area contributed by atoms with Crippen molar-refractivity contribution < 1.29 is 18.9 Å². The van der Waals surface area contributed by atoms with Crippen LogP contribution in [0.15, 0.2) is 54.6 Å². The van der Waals surface area contributed by atoms with Crippen LogP contribution in [0, 0.1) is 6.92 Å². The van der Waals surface area contributed by atoms with Gasteiger partial charge in [0.05, 0.1) is 21.3 Å². The summed E-state index contributed by atoms with van der Waals surface area (Å²) >= 11 is 0. The molecule has 0 bridgehead atoms. The fourth-order valence-corrected chi connectivity index (χ4v) is 4.16. The fourth-order valence-electron chi connectivity index (χ4n) is 4.16. The molecule has 0 aromatic heterocycles. The SMILES string of the molecule is COc1ccc(CN2CCOc3c(cc(-c4ccccc4OC)cc3OC)C2)cc1C. The number of ether oxygens (including phenoxy) is 4. The van der Waals surface area contributed by atoms with Crippen LogP contribution in [0.25, 0.3) is 11.1 Å². The molecule has 3 aromatic carbocycles. The summed E-state index contributed by atoms with van der Waals surface area (Å²) in [5.41, 5.74) is 5.61. The minimum Gasteiger partial charge on any atom is -0.496 e. The van der Waals surface area contributed by atoms with Crippen molar-refractivity contribution in [2.24, 2.45) is 0 Å². The molecule has 0 aliphatic carbocycles. The summed E-state index contributed by atoms with van der Waals surface area (Å²) < 4.78 is 22.8. The lowest BCUT2D eigenvalue weighted by atomic mass is 10.00. The number of methoxy groups -OCH3 is 3. The van der Waals surface area contributed by atoms with Gasteiger partial charge < -0.3 is 18.9 Å². The standard InChI is InChI=1S/C26H29NO4/c1-18-13-19(9-10-23(18)28-2)16-27-11-12-31-26-21(17-27)14-20(15-25(26)30-4)22-7-5-6-8-24(22)29-3/h5-10,13-15H,11-12,16-17H2,1-4H3. The molecule has 0 N–H and O–H groups in total. The maximum Gasteiger partial charge on any atom is 0.165 e. The van der Waals surface area contributed by atoms with Crippen molar-refractivity contribution in [1.82, 2.24) is 4.90 Å². The van der Waals surface area contributed by atoms with Gasteiger partial charge >= 0.3 is 0 Å². The topological polar surface area (TPSA) is 40.2 Å². The maximum absolute atomic E-state index is 6.13. The molecule has 0 amide bonds. The maximum atomic E-state index is 6.13. The molecule has 3 aromatic rings. The van der Waals surface area contributed by atoms with Crippen LogP contribution >= 0.6 is 0 Å². The van der Waals surface area contributed by atoms with Gasteiger partial charge in [0.25, 0.3) is 0 Å². The molecule has 1 aliphatic rings. The normalized spacial score (nSPS) is 13.7. The molecule has 0 spiro atoms. The molecule has 0 saturated heterocycles. The summed E-state index contributed by atoms with van der Waals surface area (Å²) in [4.78, 5) is 2.40. The van der Waals surface area contributed by atoms with Crippen LogP contribution in [0.2, 0.25) is 0 Å². The summed E-state index contributed by atoms with van der Waals surface area (Å²) in [6, 6.07) is 18.6. The lowest BCUT2D eigenvalue weighted by Crippen LogP contribution is -2.25. The number of nitrogens with zero attached hydrogens (tertiary/aromatic N) is 1. The van der Waals surface area contributed by atoms with Crippen LogP contribution in [0.5, 0.6) is 23.0 Å². The van der Waals surface area contributed by atoms with Gasteiger partial charge in [-0.3, -0.25) is 4.90 Å². The van der Waals surface area contributed by atoms with Crippen molar-refractivity contribution in [3.63, 3.8) is 0 Å². The molecule has 31 heavy (non-hydrogen) atoms. The Morgan fingerprint density at radius 1 is 0.871 bits per heavy atom. The Bertz CT molecular complexity index is 1060. The van der Waals surface area contributed by atoms with Crippen LogP contribution in [-0.2, 0) is 13.1 Å². The fraction of sp³-hybridized carbons (Fsp3) is 0.308. The van der Waals surface area contributed by atoms with Gasteiger partial charge in [-0.25, -0.2) is 0 Å². The van der Waals surface area contributed by atoms with Crippen molar-refractivity contribution in [2.45, 2.75) is 20.0 Å². The van der Waals surface area contributed by atoms with Crippen molar-refractivity contribution in [3.8, 4) is 34.1 Å². The molecule has 0 radical (unpaired) electrons. The molecule has 5 heteroatoms. The molecular weight excluding hydrogens is 390 g/mol. The van der Waals surface area contributed by atoms with Crippen LogP contribution in [0.3, 0.4) is 0 Å². The summed E-state index contributed by atoms with van der Waals surface area (Å²) in [5.74, 6) is 3.33. The highest BCUT2D eigenvalue weighted by Crippen LogP contribution is 2.40. The van der Waals surface area contributed by atoms with Gasteiger partial charge in [0.1, 0.15) is 18.1 Å². The smallest absolute Gasteiger partial charge is 0.165 e. The van der Waals surface area contributed by atoms with Crippen molar-refractivity contribution in [1.29, 1.82) is 0 Å². The molecule has 4 rings (SSSR count). The lowest BCUT2D eigenvalue weighted by Gasteiger charge is -2.20. The van der Waals surface area contributed by atoms with E-state index in [0.717, 1.165) is 64.9 Å². The van der Waals surface area contributed by atoms with Gasteiger partial charge in [-0.15, -0.1) is 0 Å². The minimum atomic E-state index is 0.618. The molecule has 0 atom stereocenters. The number of hydrogen-bond donors (Lipinski definition) is 0. The van der Waals surface area contributed by atoms with Crippen molar-refractivity contribution >= 4 is 0 Å². The molecule has 1 aliphatic heterocycles.